The molecule has 0 unspecified atom stereocenters. The molecule has 0 radical (unpaired) electrons. The van der Waals surface area contributed by atoms with E-state index in [2.05, 4.69) is 15.0 Å². The van der Waals surface area contributed by atoms with Gasteiger partial charge in [0, 0.05) is 5.56 Å². The summed E-state index contributed by atoms with van der Waals surface area (Å²) in [7, 11) is 0. The van der Waals surface area contributed by atoms with Gasteiger partial charge in [-0.1, -0.05) is 32.0 Å². The van der Waals surface area contributed by atoms with Crippen LogP contribution in [-0.2, 0) is 6.61 Å². The highest BCUT2D eigenvalue weighted by Gasteiger charge is 2.11. The first kappa shape index (κ1) is 15.7. The van der Waals surface area contributed by atoms with Crippen molar-refractivity contribution in [1.82, 2.24) is 15.0 Å². The van der Waals surface area contributed by atoms with Crippen molar-refractivity contribution in [2.24, 2.45) is 0 Å². The van der Waals surface area contributed by atoms with Gasteiger partial charge in [0.2, 0.25) is 0 Å². The Morgan fingerprint density at radius 3 is 2.73 bits per heavy atom. The molecule has 0 spiro atoms. The molecule has 1 aromatic carbocycles. The first-order valence-electron chi connectivity index (χ1n) is 6.99. The van der Waals surface area contributed by atoms with Crippen molar-refractivity contribution in [3.63, 3.8) is 0 Å². The highest BCUT2D eigenvalue weighted by molar-refractivity contribution is 5.69. The molecule has 0 amide bonds. The lowest BCUT2D eigenvalue weighted by Crippen LogP contribution is -1.98. The maximum atomic E-state index is 9.18. The molecule has 6 nitrogen and oxygen atoms in total. The number of nitrogens with zero attached hydrogens (tertiary/aromatic N) is 3. The van der Waals surface area contributed by atoms with E-state index in [9.17, 15) is 5.11 Å². The van der Waals surface area contributed by atoms with Gasteiger partial charge in [-0.2, -0.15) is 0 Å². The maximum absolute atomic E-state index is 9.18. The van der Waals surface area contributed by atoms with Gasteiger partial charge < -0.3 is 15.3 Å². The molecule has 0 saturated heterocycles. The molecular formula is C16H18N4O2. The van der Waals surface area contributed by atoms with E-state index in [1.165, 1.54) is 12.6 Å². The molecule has 0 atom stereocenters. The molecule has 0 aliphatic heterocycles. The van der Waals surface area contributed by atoms with Crippen molar-refractivity contribution in [3.8, 4) is 22.7 Å². The fourth-order valence-corrected chi connectivity index (χ4v) is 1.88. The van der Waals surface area contributed by atoms with Crippen molar-refractivity contribution in [2.75, 3.05) is 5.73 Å². The Kier molecular flexibility index (Phi) is 5.21. The molecule has 2 heterocycles. The van der Waals surface area contributed by atoms with Crippen LogP contribution in [-0.4, -0.2) is 20.1 Å². The minimum Gasteiger partial charge on any atom is -0.442 e. The van der Waals surface area contributed by atoms with Crippen molar-refractivity contribution in [1.29, 1.82) is 0 Å². The molecule has 3 N–H and O–H groups in total. The van der Waals surface area contributed by atoms with E-state index in [0.717, 1.165) is 11.1 Å². The quantitative estimate of drug-likeness (QED) is 0.771. The van der Waals surface area contributed by atoms with Crippen LogP contribution >= 0.6 is 0 Å². The molecule has 0 bridgehead atoms. The lowest BCUT2D eigenvalue weighted by molar-refractivity contribution is 0.282. The summed E-state index contributed by atoms with van der Waals surface area (Å²) in [5.41, 5.74) is 8.58. The number of aliphatic hydroxyl groups is 1. The summed E-state index contributed by atoms with van der Waals surface area (Å²) in [5.74, 6) is 0.749. The number of aromatic nitrogens is 3. The predicted molar refractivity (Wildman–Crippen MR) is 84.6 cm³/mol. The van der Waals surface area contributed by atoms with E-state index in [0.29, 0.717) is 17.1 Å². The number of hydrogen-bond acceptors (Lipinski definition) is 6. The summed E-state index contributed by atoms with van der Waals surface area (Å²) >= 11 is 0. The molecule has 0 aliphatic carbocycles. The van der Waals surface area contributed by atoms with Gasteiger partial charge in [0.1, 0.15) is 0 Å². The number of hydrogen-bond donors (Lipinski definition) is 2. The molecular weight excluding hydrogens is 280 g/mol. The second-order valence-electron chi connectivity index (χ2n) is 4.21. The van der Waals surface area contributed by atoms with Crippen molar-refractivity contribution >= 4 is 5.82 Å². The lowest BCUT2D eigenvalue weighted by atomic mass is 10.1. The summed E-state index contributed by atoms with van der Waals surface area (Å²) in [6.45, 7) is 3.98. The van der Waals surface area contributed by atoms with E-state index in [1.54, 1.807) is 6.20 Å². The fraction of sp³-hybridized carbons (Fsp3) is 0.188. The molecule has 0 aliphatic rings. The summed E-state index contributed by atoms with van der Waals surface area (Å²) in [6.07, 6.45) is 4.44. The van der Waals surface area contributed by atoms with Crippen molar-refractivity contribution < 1.29 is 9.52 Å². The van der Waals surface area contributed by atoms with Crippen LogP contribution in [0.25, 0.3) is 22.7 Å². The number of oxazole rings is 1. The number of nitrogens with two attached hydrogens (primary N) is 1. The van der Waals surface area contributed by atoms with Gasteiger partial charge in [0.05, 0.1) is 24.7 Å². The average molecular weight is 298 g/mol. The van der Waals surface area contributed by atoms with Crippen LogP contribution in [0.3, 0.4) is 0 Å². The molecule has 0 saturated carbocycles. The number of nitrogen functional groups attached to an aromatic ring is 1. The number of anilines is 1. The van der Waals surface area contributed by atoms with Gasteiger partial charge in [-0.25, -0.2) is 15.0 Å². The third-order valence-electron chi connectivity index (χ3n) is 2.87. The highest BCUT2D eigenvalue weighted by atomic mass is 16.3. The zero-order chi connectivity index (χ0) is 15.9. The largest absolute Gasteiger partial charge is 0.442 e. The van der Waals surface area contributed by atoms with Crippen LogP contribution in [0.2, 0.25) is 0 Å². The number of aliphatic hydroxyl groups excluding tert-OH is 1. The monoisotopic (exact) mass is 298 g/mol. The average Bonchev–Trinajstić information content (AvgIpc) is 3.11. The van der Waals surface area contributed by atoms with E-state index in [4.69, 9.17) is 10.2 Å². The van der Waals surface area contributed by atoms with E-state index in [1.807, 2.05) is 38.1 Å². The van der Waals surface area contributed by atoms with Gasteiger partial charge >= 0.3 is 0 Å². The van der Waals surface area contributed by atoms with E-state index in [-0.39, 0.29) is 12.4 Å². The second kappa shape index (κ2) is 7.33. The zero-order valence-electron chi connectivity index (χ0n) is 12.5. The lowest BCUT2D eigenvalue weighted by Gasteiger charge is -2.06. The molecule has 0 fully saturated rings. The normalized spacial score (nSPS) is 9.95. The molecule has 6 heteroatoms. The third-order valence-corrected chi connectivity index (χ3v) is 2.87. The maximum Gasteiger partial charge on any atom is 0.181 e. The van der Waals surface area contributed by atoms with Gasteiger partial charge in [-0.15, -0.1) is 0 Å². The van der Waals surface area contributed by atoms with Gasteiger partial charge in [0.15, 0.2) is 23.7 Å². The Morgan fingerprint density at radius 2 is 2.05 bits per heavy atom. The molecule has 3 aromatic rings. The zero-order valence-corrected chi connectivity index (χ0v) is 12.5. The fourth-order valence-electron chi connectivity index (χ4n) is 1.88. The summed E-state index contributed by atoms with van der Waals surface area (Å²) in [6, 6.07) is 7.44. The first-order valence-corrected chi connectivity index (χ1v) is 6.99. The molecule has 3 rings (SSSR count). The summed E-state index contributed by atoms with van der Waals surface area (Å²) in [5, 5.41) is 9.18. The Morgan fingerprint density at radius 1 is 1.23 bits per heavy atom. The van der Waals surface area contributed by atoms with Crippen LogP contribution in [0, 0.1) is 0 Å². The van der Waals surface area contributed by atoms with Crippen LogP contribution in [0.5, 0.6) is 0 Å². The minimum atomic E-state index is -0.0226. The van der Waals surface area contributed by atoms with Crippen LogP contribution in [0.15, 0.2) is 47.5 Å². The van der Waals surface area contributed by atoms with Crippen LogP contribution in [0.4, 0.5) is 5.82 Å². The number of rotatable bonds is 3. The third kappa shape index (κ3) is 3.29. The Hall–Kier alpha value is -2.73. The molecule has 22 heavy (non-hydrogen) atoms. The minimum absolute atomic E-state index is 0.0226. The topological polar surface area (TPSA) is 98.1 Å². The second-order valence-corrected chi connectivity index (χ2v) is 4.21. The summed E-state index contributed by atoms with van der Waals surface area (Å²) in [4.78, 5) is 12.4. The van der Waals surface area contributed by atoms with Gasteiger partial charge in [-0.05, 0) is 11.6 Å². The van der Waals surface area contributed by atoms with Crippen molar-refractivity contribution in [3.05, 3.63) is 48.6 Å². The van der Waals surface area contributed by atoms with Gasteiger partial charge in [0.25, 0.3) is 0 Å². The first-order chi connectivity index (χ1) is 10.8. The molecule has 2 aromatic heterocycles. The standard InChI is InChI=1S/C14H12N4O2.C2H6/c15-14-13(12-6-16-8-20-12)18-11(5-17-14)10-3-1-2-9(4-10)7-19;1-2/h1-6,8,19H,7H2,(H2,15,17);1-2H3. The predicted octanol–water partition coefficient (Wildman–Crippen LogP) is 2.90. The molecule has 114 valence electrons. The summed E-state index contributed by atoms with van der Waals surface area (Å²) < 4.78 is 5.20. The highest BCUT2D eigenvalue weighted by Crippen LogP contribution is 2.25. The van der Waals surface area contributed by atoms with Crippen molar-refractivity contribution in [2.45, 2.75) is 20.5 Å². The Bertz CT molecular complexity index is 727. The van der Waals surface area contributed by atoms with E-state index < -0.39 is 0 Å². The van der Waals surface area contributed by atoms with Crippen LogP contribution < -0.4 is 5.73 Å². The Balaban J connectivity index is 0.000000847. The Labute approximate surface area is 128 Å². The number of benzene rings is 1. The SMILES string of the molecule is CC.Nc1ncc(-c2cccc(CO)c2)nc1-c1cnco1. The van der Waals surface area contributed by atoms with Gasteiger partial charge in [-0.3, -0.25) is 0 Å². The van der Waals surface area contributed by atoms with Crippen LogP contribution in [0.1, 0.15) is 19.4 Å². The van der Waals surface area contributed by atoms with E-state index >= 15 is 0 Å². The smallest absolute Gasteiger partial charge is 0.181 e.